The van der Waals surface area contributed by atoms with Crippen LogP contribution in [0.15, 0.2) is 36.9 Å². The van der Waals surface area contributed by atoms with Gasteiger partial charge in [-0.25, -0.2) is 0 Å². The van der Waals surface area contributed by atoms with E-state index in [4.69, 9.17) is 4.74 Å². The summed E-state index contributed by atoms with van der Waals surface area (Å²) in [4.78, 5) is 0. The molecule has 13 heavy (non-hydrogen) atoms. The second-order valence-corrected chi connectivity index (χ2v) is 3.04. The minimum atomic E-state index is 0.775. The highest BCUT2D eigenvalue weighted by atomic mass is 16.5. The summed E-state index contributed by atoms with van der Waals surface area (Å²) in [6.07, 6.45) is 3.98. The van der Waals surface area contributed by atoms with E-state index >= 15 is 0 Å². The molecule has 0 aliphatic rings. The number of unbranched alkanes of at least 4 members (excludes halogenated alkanes) is 1. The van der Waals surface area contributed by atoms with E-state index in [2.05, 4.69) is 19.6 Å². The molecule has 0 spiro atoms. The molecule has 0 saturated heterocycles. The van der Waals surface area contributed by atoms with Crippen molar-refractivity contribution in [2.75, 3.05) is 6.61 Å². The first-order chi connectivity index (χ1) is 6.34. The fourth-order valence-corrected chi connectivity index (χ4v) is 1.13. The Morgan fingerprint density at radius 1 is 1.38 bits per heavy atom. The Morgan fingerprint density at radius 3 is 2.85 bits per heavy atom. The molecule has 1 aromatic rings. The summed E-state index contributed by atoms with van der Waals surface area (Å²) in [6, 6.07) is 8.08. The first-order valence-corrected chi connectivity index (χ1v) is 4.64. The van der Waals surface area contributed by atoms with Gasteiger partial charge in [-0.15, -0.1) is 6.58 Å². The average molecular weight is 176 g/mol. The van der Waals surface area contributed by atoms with Crippen LogP contribution in [0, 0.1) is 6.92 Å². The summed E-state index contributed by atoms with van der Waals surface area (Å²) in [5.74, 6) is 0.992. The first kappa shape index (κ1) is 9.85. The molecule has 0 amide bonds. The Bertz CT molecular complexity index is 266. The molecule has 0 bridgehead atoms. The standard InChI is InChI=1S/C12H16O/c1-3-4-7-10-13-12-9-6-5-8-11(12)2/h3,5-6,8-9H,1,4,7,10H2,2H3. The van der Waals surface area contributed by atoms with Crippen LogP contribution in [-0.4, -0.2) is 6.61 Å². The predicted molar refractivity (Wildman–Crippen MR) is 56.1 cm³/mol. The average Bonchev–Trinajstić information content (AvgIpc) is 2.15. The van der Waals surface area contributed by atoms with Gasteiger partial charge in [0.25, 0.3) is 0 Å². The quantitative estimate of drug-likeness (QED) is 0.494. The van der Waals surface area contributed by atoms with Gasteiger partial charge in [0.2, 0.25) is 0 Å². The molecule has 0 radical (unpaired) electrons. The van der Waals surface area contributed by atoms with Gasteiger partial charge in [0, 0.05) is 0 Å². The summed E-state index contributed by atoms with van der Waals surface area (Å²) in [6.45, 7) is 6.50. The van der Waals surface area contributed by atoms with E-state index < -0.39 is 0 Å². The number of hydrogen-bond donors (Lipinski definition) is 0. The van der Waals surface area contributed by atoms with Crippen molar-refractivity contribution in [1.82, 2.24) is 0 Å². The van der Waals surface area contributed by atoms with Crippen molar-refractivity contribution in [1.29, 1.82) is 0 Å². The monoisotopic (exact) mass is 176 g/mol. The fraction of sp³-hybridized carbons (Fsp3) is 0.333. The number of allylic oxidation sites excluding steroid dienone is 1. The molecule has 0 N–H and O–H groups in total. The Morgan fingerprint density at radius 2 is 2.15 bits per heavy atom. The van der Waals surface area contributed by atoms with Gasteiger partial charge in [-0.2, -0.15) is 0 Å². The van der Waals surface area contributed by atoms with E-state index in [9.17, 15) is 0 Å². The highest BCUT2D eigenvalue weighted by molar-refractivity contribution is 5.31. The van der Waals surface area contributed by atoms with Crippen LogP contribution in [-0.2, 0) is 0 Å². The number of benzene rings is 1. The van der Waals surface area contributed by atoms with E-state index in [0.717, 1.165) is 25.2 Å². The summed E-state index contributed by atoms with van der Waals surface area (Å²) < 4.78 is 5.59. The third kappa shape index (κ3) is 3.32. The number of aryl methyl sites for hydroxylation is 1. The van der Waals surface area contributed by atoms with E-state index in [1.54, 1.807) is 0 Å². The molecule has 0 atom stereocenters. The van der Waals surface area contributed by atoms with Gasteiger partial charge in [-0.3, -0.25) is 0 Å². The van der Waals surface area contributed by atoms with Crippen LogP contribution < -0.4 is 4.74 Å². The van der Waals surface area contributed by atoms with Gasteiger partial charge in [-0.1, -0.05) is 24.3 Å². The van der Waals surface area contributed by atoms with Crippen LogP contribution in [0.2, 0.25) is 0 Å². The summed E-state index contributed by atoms with van der Waals surface area (Å²) in [5.41, 5.74) is 1.20. The van der Waals surface area contributed by atoms with Gasteiger partial charge in [0.05, 0.1) is 6.61 Å². The highest BCUT2D eigenvalue weighted by Crippen LogP contribution is 2.16. The second kappa shape index (κ2) is 5.41. The van der Waals surface area contributed by atoms with E-state index in [1.807, 2.05) is 24.3 Å². The fourth-order valence-electron chi connectivity index (χ4n) is 1.13. The molecule has 0 fully saturated rings. The molecule has 0 aliphatic heterocycles. The van der Waals surface area contributed by atoms with Crippen LogP contribution in [0.4, 0.5) is 0 Å². The van der Waals surface area contributed by atoms with E-state index in [1.165, 1.54) is 5.56 Å². The number of rotatable bonds is 5. The molecule has 0 unspecified atom stereocenters. The third-order valence-electron chi connectivity index (χ3n) is 1.90. The van der Waals surface area contributed by atoms with Gasteiger partial charge in [0.15, 0.2) is 0 Å². The van der Waals surface area contributed by atoms with Crippen molar-refractivity contribution in [3.8, 4) is 5.75 Å². The second-order valence-electron chi connectivity index (χ2n) is 3.04. The zero-order valence-electron chi connectivity index (χ0n) is 8.12. The lowest BCUT2D eigenvalue weighted by Crippen LogP contribution is -1.97. The summed E-state index contributed by atoms with van der Waals surface area (Å²) in [7, 11) is 0. The molecular weight excluding hydrogens is 160 g/mol. The van der Waals surface area contributed by atoms with Crippen molar-refractivity contribution in [3.63, 3.8) is 0 Å². The van der Waals surface area contributed by atoms with Gasteiger partial charge in [0.1, 0.15) is 5.75 Å². The van der Waals surface area contributed by atoms with Crippen LogP contribution >= 0.6 is 0 Å². The smallest absolute Gasteiger partial charge is 0.122 e. The van der Waals surface area contributed by atoms with Crippen LogP contribution in [0.25, 0.3) is 0 Å². The molecule has 0 heterocycles. The van der Waals surface area contributed by atoms with Gasteiger partial charge >= 0.3 is 0 Å². The minimum absolute atomic E-state index is 0.775. The maximum atomic E-state index is 5.59. The number of ether oxygens (including phenoxy) is 1. The van der Waals surface area contributed by atoms with Crippen molar-refractivity contribution in [2.24, 2.45) is 0 Å². The zero-order valence-corrected chi connectivity index (χ0v) is 8.12. The van der Waals surface area contributed by atoms with Crippen molar-refractivity contribution >= 4 is 0 Å². The molecule has 1 heteroatoms. The summed E-state index contributed by atoms with van der Waals surface area (Å²) >= 11 is 0. The van der Waals surface area contributed by atoms with Crippen LogP contribution in [0.5, 0.6) is 5.75 Å². The molecule has 1 aromatic carbocycles. The normalized spacial score (nSPS) is 9.62. The highest BCUT2D eigenvalue weighted by Gasteiger charge is 1.95. The Hall–Kier alpha value is -1.24. The Balaban J connectivity index is 2.36. The van der Waals surface area contributed by atoms with Gasteiger partial charge < -0.3 is 4.74 Å². The SMILES string of the molecule is C=CCCCOc1ccccc1C. The Kier molecular flexibility index (Phi) is 4.10. The summed E-state index contributed by atoms with van der Waals surface area (Å²) in [5, 5.41) is 0. The van der Waals surface area contributed by atoms with E-state index in [-0.39, 0.29) is 0 Å². The third-order valence-corrected chi connectivity index (χ3v) is 1.90. The van der Waals surface area contributed by atoms with Gasteiger partial charge in [-0.05, 0) is 31.4 Å². The molecule has 70 valence electrons. The number of para-hydroxylation sites is 1. The van der Waals surface area contributed by atoms with Crippen molar-refractivity contribution < 1.29 is 4.74 Å². The predicted octanol–water partition coefficient (Wildman–Crippen LogP) is 3.34. The lowest BCUT2D eigenvalue weighted by Gasteiger charge is -2.07. The maximum Gasteiger partial charge on any atom is 0.122 e. The molecule has 0 aromatic heterocycles. The molecule has 0 saturated carbocycles. The van der Waals surface area contributed by atoms with E-state index in [0.29, 0.717) is 0 Å². The van der Waals surface area contributed by atoms with Crippen molar-refractivity contribution in [2.45, 2.75) is 19.8 Å². The number of hydrogen-bond acceptors (Lipinski definition) is 1. The molecule has 1 nitrogen and oxygen atoms in total. The largest absolute Gasteiger partial charge is 0.493 e. The Labute approximate surface area is 80.0 Å². The minimum Gasteiger partial charge on any atom is -0.493 e. The lowest BCUT2D eigenvalue weighted by atomic mass is 10.2. The molecule has 1 rings (SSSR count). The molecular formula is C12H16O. The maximum absolute atomic E-state index is 5.59. The van der Waals surface area contributed by atoms with Crippen LogP contribution in [0.3, 0.4) is 0 Å². The topological polar surface area (TPSA) is 9.23 Å². The zero-order chi connectivity index (χ0) is 9.52. The molecule has 0 aliphatic carbocycles. The van der Waals surface area contributed by atoms with Crippen LogP contribution in [0.1, 0.15) is 18.4 Å². The first-order valence-electron chi connectivity index (χ1n) is 4.64. The lowest BCUT2D eigenvalue weighted by molar-refractivity contribution is 0.310. The van der Waals surface area contributed by atoms with Crippen molar-refractivity contribution in [3.05, 3.63) is 42.5 Å².